The molecular weight excluding hydrogens is 378 g/mol. The molecule has 0 bridgehead atoms. The van der Waals surface area contributed by atoms with Crippen molar-refractivity contribution >= 4 is 0 Å². The van der Waals surface area contributed by atoms with Crippen molar-refractivity contribution < 1.29 is 9.59 Å². The number of phenolic OH excluding ortho intramolecular Hbond substituents is 1. The first-order valence-corrected chi connectivity index (χ1v) is 13.0. The molecule has 0 aliphatic carbocycles. The lowest BCUT2D eigenvalue weighted by Gasteiger charge is -2.33. The molecule has 0 fully saturated rings. The van der Waals surface area contributed by atoms with Gasteiger partial charge in [0.25, 0.3) is 0 Å². The van der Waals surface area contributed by atoms with Crippen LogP contribution < -0.4 is 0 Å². The summed E-state index contributed by atoms with van der Waals surface area (Å²) in [5.41, 5.74) is 3.38. The smallest absolute Gasteiger partial charge is 0.123 e. The van der Waals surface area contributed by atoms with Crippen LogP contribution in [0.5, 0.6) is 5.75 Å². The highest BCUT2D eigenvalue weighted by atomic mass is 16.3. The van der Waals surface area contributed by atoms with E-state index in [4.69, 9.17) is 0 Å². The van der Waals surface area contributed by atoms with Crippen LogP contribution in [0.15, 0.2) is 12.1 Å². The van der Waals surface area contributed by atoms with Gasteiger partial charge in [-0.1, -0.05) is 99.8 Å². The van der Waals surface area contributed by atoms with Crippen LogP contribution in [0.3, 0.4) is 0 Å². The van der Waals surface area contributed by atoms with Crippen molar-refractivity contribution in [1.29, 1.82) is 0 Å². The first-order chi connectivity index (χ1) is 14.3. The minimum absolute atomic E-state index is 0.0617. The third-order valence-corrected chi connectivity index (χ3v) is 6.51. The van der Waals surface area contributed by atoms with E-state index in [0.717, 1.165) is 22.2 Å². The Morgan fingerprint density at radius 3 is 1.45 bits per heavy atom. The molecule has 1 aromatic carbocycles. The molecule has 0 saturated heterocycles. The summed E-state index contributed by atoms with van der Waals surface area (Å²) in [5.74, 6) is 0.490. The van der Waals surface area contributed by atoms with Gasteiger partial charge in [-0.2, -0.15) is 0 Å². The van der Waals surface area contributed by atoms with Gasteiger partial charge in [-0.15, -0.1) is 0 Å². The molecule has 0 radical (unpaired) electrons. The molecule has 1 rings (SSSR count). The van der Waals surface area contributed by atoms with Crippen LogP contribution >= 0.6 is 0 Å². The fraction of sp³-hybridized carbons (Fsp3) is 0.793. The largest absolute Gasteiger partial charge is 0.507 e. The molecule has 2 heteroatoms. The number of nitrogens with zero attached hydrogens (tertiary/aromatic N) is 1. The Bertz CT molecular complexity index is 611. The van der Waals surface area contributed by atoms with Crippen LogP contribution in [-0.4, -0.2) is 30.2 Å². The Morgan fingerprint density at radius 1 is 0.677 bits per heavy atom. The lowest BCUT2D eigenvalue weighted by Crippen LogP contribution is -2.39. The van der Waals surface area contributed by atoms with Crippen LogP contribution in [0, 0.1) is 0 Å². The molecule has 0 aromatic heterocycles. The number of rotatable bonds is 13. The van der Waals surface area contributed by atoms with Gasteiger partial charge in [-0.25, -0.2) is 0 Å². The fourth-order valence-electron chi connectivity index (χ4n) is 4.53. The van der Waals surface area contributed by atoms with E-state index >= 15 is 0 Å². The zero-order chi connectivity index (χ0) is 23.7. The minimum Gasteiger partial charge on any atom is -0.507 e. The van der Waals surface area contributed by atoms with Gasteiger partial charge in [0.05, 0.1) is 20.6 Å². The van der Waals surface area contributed by atoms with Crippen molar-refractivity contribution in [1.82, 2.24) is 0 Å². The summed E-state index contributed by atoms with van der Waals surface area (Å²) in [7, 11) is 4.71. The molecule has 2 nitrogen and oxygen atoms in total. The molecule has 0 heterocycles. The molecule has 1 N–H and O–H groups in total. The fourth-order valence-corrected chi connectivity index (χ4v) is 4.53. The average Bonchev–Trinajstić information content (AvgIpc) is 2.62. The molecule has 1 aromatic rings. The molecule has 0 spiro atoms. The van der Waals surface area contributed by atoms with Crippen molar-refractivity contribution in [2.45, 2.75) is 130 Å². The van der Waals surface area contributed by atoms with Gasteiger partial charge in [0.2, 0.25) is 0 Å². The van der Waals surface area contributed by atoms with Crippen molar-refractivity contribution in [2.75, 3.05) is 20.6 Å². The van der Waals surface area contributed by atoms with Crippen molar-refractivity contribution in [2.24, 2.45) is 0 Å². The second-order valence-electron chi connectivity index (χ2n) is 12.5. The maximum atomic E-state index is 11.0. The third-order valence-electron chi connectivity index (χ3n) is 6.51. The van der Waals surface area contributed by atoms with Crippen LogP contribution in [0.25, 0.3) is 0 Å². The van der Waals surface area contributed by atoms with Crippen molar-refractivity contribution in [3.05, 3.63) is 28.8 Å². The Morgan fingerprint density at radius 2 is 1.06 bits per heavy atom. The van der Waals surface area contributed by atoms with Gasteiger partial charge in [0.15, 0.2) is 0 Å². The molecule has 0 amide bonds. The molecule has 0 saturated carbocycles. The summed E-state index contributed by atoms with van der Waals surface area (Å²) < 4.78 is 1.01. The summed E-state index contributed by atoms with van der Waals surface area (Å²) in [6, 6.07) is 4.51. The van der Waals surface area contributed by atoms with E-state index in [2.05, 4.69) is 74.7 Å². The Labute approximate surface area is 195 Å². The van der Waals surface area contributed by atoms with E-state index in [-0.39, 0.29) is 10.8 Å². The van der Waals surface area contributed by atoms with E-state index < -0.39 is 0 Å². The minimum atomic E-state index is -0.0617. The van der Waals surface area contributed by atoms with Crippen LogP contribution in [0.1, 0.15) is 129 Å². The number of benzene rings is 1. The predicted octanol–water partition coefficient (Wildman–Crippen LogP) is 8.48. The Hall–Kier alpha value is -1.02. The van der Waals surface area contributed by atoms with Crippen LogP contribution in [0.4, 0.5) is 0 Å². The number of phenols is 1. The summed E-state index contributed by atoms with van der Waals surface area (Å²) in [4.78, 5) is 0. The average molecular weight is 433 g/mol. The maximum absolute atomic E-state index is 11.0. The normalized spacial score (nSPS) is 13.1. The molecule has 31 heavy (non-hydrogen) atoms. The van der Waals surface area contributed by atoms with E-state index in [1.165, 1.54) is 76.3 Å². The lowest BCUT2D eigenvalue weighted by molar-refractivity contribution is -0.903. The summed E-state index contributed by atoms with van der Waals surface area (Å²) in [6.07, 6.45) is 13.9. The molecule has 180 valence electrons. The molecular formula is C29H54NO+. The Balaban J connectivity index is 2.62. The molecule has 0 atom stereocenters. The van der Waals surface area contributed by atoms with E-state index in [1.54, 1.807) is 0 Å². The monoisotopic (exact) mass is 432 g/mol. The van der Waals surface area contributed by atoms with Gasteiger partial charge >= 0.3 is 0 Å². The second-order valence-corrected chi connectivity index (χ2v) is 12.5. The van der Waals surface area contributed by atoms with Gasteiger partial charge in [0.1, 0.15) is 12.3 Å². The highest BCUT2D eigenvalue weighted by molar-refractivity contribution is 5.49. The predicted molar refractivity (Wildman–Crippen MR) is 138 cm³/mol. The number of unbranched alkanes of at least 4 members (excludes halogenated alkanes) is 9. The zero-order valence-electron chi connectivity index (χ0n) is 22.5. The van der Waals surface area contributed by atoms with E-state index in [0.29, 0.717) is 5.75 Å². The van der Waals surface area contributed by atoms with Gasteiger partial charge in [-0.3, -0.25) is 0 Å². The highest BCUT2D eigenvalue weighted by Crippen LogP contribution is 2.40. The van der Waals surface area contributed by atoms with Crippen LogP contribution in [0.2, 0.25) is 0 Å². The summed E-state index contributed by atoms with van der Waals surface area (Å²) in [5, 5.41) is 11.0. The van der Waals surface area contributed by atoms with Gasteiger partial charge < -0.3 is 9.59 Å². The van der Waals surface area contributed by atoms with E-state index in [1.807, 2.05) is 0 Å². The van der Waals surface area contributed by atoms with E-state index in [9.17, 15) is 5.11 Å². The second kappa shape index (κ2) is 12.3. The van der Waals surface area contributed by atoms with Gasteiger partial charge in [-0.05, 0) is 35.8 Å². The maximum Gasteiger partial charge on any atom is 0.123 e. The standard InChI is InChI=1S/C29H53NO/c1-10-11-12-13-14-15-16-17-18-19-20-30(8,9)23-24-21-25(28(2,3)4)27(31)26(22-24)29(5,6)7/h21-22H,10-20,23H2,1-9H3/p+1. The number of aromatic hydroxyl groups is 1. The lowest BCUT2D eigenvalue weighted by atomic mass is 9.78. The summed E-state index contributed by atoms with van der Waals surface area (Å²) >= 11 is 0. The molecule has 0 unspecified atom stereocenters. The Kier molecular flexibility index (Phi) is 11.1. The topological polar surface area (TPSA) is 20.2 Å². The highest BCUT2D eigenvalue weighted by Gasteiger charge is 2.28. The van der Waals surface area contributed by atoms with Crippen molar-refractivity contribution in [3.8, 4) is 5.75 Å². The SMILES string of the molecule is CCCCCCCCCCCC[N+](C)(C)Cc1cc(C(C)(C)C)c(O)c(C(C)(C)C)c1. The number of hydrogen-bond donors (Lipinski definition) is 1. The molecule has 0 aliphatic heterocycles. The molecule has 0 aliphatic rings. The van der Waals surface area contributed by atoms with Crippen LogP contribution in [-0.2, 0) is 17.4 Å². The third kappa shape index (κ3) is 10.4. The first-order valence-electron chi connectivity index (χ1n) is 13.0. The number of quaternary nitrogens is 1. The number of hydrogen-bond acceptors (Lipinski definition) is 1. The first kappa shape index (κ1) is 28.0. The van der Waals surface area contributed by atoms with Crippen molar-refractivity contribution in [3.63, 3.8) is 0 Å². The quantitative estimate of drug-likeness (QED) is 0.245. The zero-order valence-corrected chi connectivity index (χ0v) is 22.5. The summed E-state index contributed by atoms with van der Waals surface area (Å²) in [6.45, 7) is 17.7. The van der Waals surface area contributed by atoms with Gasteiger partial charge in [0, 0.05) is 16.7 Å².